The van der Waals surface area contributed by atoms with Crippen LogP contribution in [0.3, 0.4) is 0 Å². The molecule has 3 rings (SSSR count). The van der Waals surface area contributed by atoms with Gasteiger partial charge in [-0.2, -0.15) is 0 Å². The standard InChI is InChI=1S/C32H39NO7/c1-30(2,3)25-15-11-23(12-16-25)22-33-38-21-20-37-32(40-28(34)24-13-17-26(36-7)18-14-24)19-9-8-10-27(32)29(35)39-31(4,5)6/h8-19,22,27H,20-21H2,1-7H3/b33-22+. The fourth-order valence-electron chi connectivity index (χ4n) is 3.87. The number of carbonyl (C=O) groups excluding carboxylic acids is 2. The molecule has 0 radical (unpaired) electrons. The number of hydrogen-bond acceptors (Lipinski definition) is 8. The van der Waals surface area contributed by atoms with Crippen LogP contribution in [0.2, 0.25) is 0 Å². The van der Waals surface area contributed by atoms with Gasteiger partial charge < -0.3 is 23.8 Å². The molecule has 0 aromatic heterocycles. The van der Waals surface area contributed by atoms with Crippen molar-refractivity contribution in [1.29, 1.82) is 0 Å². The minimum Gasteiger partial charge on any atom is -0.497 e. The van der Waals surface area contributed by atoms with E-state index in [0.29, 0.717) is 5.75 Å². The second-order valence-corrected chi connectivity index (χ2v) is 11.4. The Kier molecular flexibility index (Phi) is 9.93. The Hall–Kier alpha value is -3.91. The number of benzene rings is 2. The number of allylic oxidation sites excluding steroid dienone is 2. The monoisotopic (exact) mass is 549 g/mol. The summed E-state index contributed by atoms with van der Waals surface area (Å²) in [5.41, 5.74) is 1.71. The Morgan fingerprint density at radius 3 is 2.20 bits per heavy atom. The Morgan fingerprint density at radius 2 is 1.60 bits per heavy atom. The van der Waals surface area contributed by atoms with Crippen molar-refractivity contribution in [3.8, 4) is 5.75 Å². The van der Waals surface area contributed by atoms with E-state index in [-0.39, 0.29) is 24.2 Å². The van der Waals surface area contributed by atoms with E-state index in [1.54, 1.807) is 69.5 Å². The van der Waals surface area contributed by atoms with Gasteiger partial charge in [0.25, 0.3) is 5.79 Å². The van der Waals surface area contributed by atoms with Crippen LogP contribution >= 0.6 is 0 Å². The molecule has 0 spiro atoms. The lowest BCUT2D eigenvalue weighted by Gasteiger charge is -2.37. The largest absolute Gasteiger partial charge is 0.497 e. The molecule has 0 saturated carbocycles. The predicted molar refractivity (Wildman–Crippen MR) is 153 cm³/mol. The average Bonchev–Trinajstić information content (AvgIpc) is 2.89. The van der Waals surface area contributed by atoms with Gasteiger partial charge in [0.1, 0.15) is 23.9 Å². The molecule has 0 amide bonds. The van der Waals surface area contributed by atoms with Crippen LogP contribution in [0.25, 0.3) is 0 Å². The van der Waals surface area contributed by atoms with E-state index in [1.807, 2.05) is 12.1 Å². The molecule has 2 aromatic rings. The Labute approximate surface area is 236 Å². The smallest absolute Gasteiger partial charge is 0.340 e. The summed E-state index contributed by atoms with van der Waals surface area (Å²) in [5, 5.41) is 4.02. The maximum atomic E-state index is 13.2. The van der Waals surface area contributed by atoms with Gasteiger partial charge in [-0.15, -0.1) is 0 Å². The van der Waals surface area contributed by atoms with Crippen LogP contribution in [0.5, 0.6) is 5.75 Å². The number of carbonyl (C=O) groups is 2. The van der Waals surface area contributed by atoms with Crippen molar-refractivity contribution in [2.75, 3.05) is 20.3 Å². The SMILES string of the molecule is COc1ccc(C(=O)OC2(OCCO/N=C/c3ccc(C(C)(C)C)cc3)C=CC=CC2C(=O)OC(C)(C)C)cc1. The van der Waals surface area contributed by atoms with Crippen LogP contribution in [-0.2, 0) is 29.3 Å². The van der Waals surface area contributed by atoms with Crippen molar-refractivity contribution in [2.45, 2.75) is 58.3 Å². The minimum absolute atomic E-state index is 0.0202. The molecule has 0 fully saturated rings. The van der Waals surface area contributed by atoms with Crippen molar-refractivity contribution in [3.05, 3.63) is 89.5 Å². The van der Waals surface area contributed by atoms with Crippen molar-refractivity contribution in [3.63, 3.8) is 0 Å². The lowest BCUT2D eigenvalue weighted by molar-refractivity contribution is -0.214. The van der Waals surface area contributed by atoms with E-state index in [4.69, 9.17) is 23.8 Å². The summed E-state index contributed by atoms with van der Waals surface area (Å²) < 4.78 is 22.7. The molecule has 0 saturated heterocycles. The molecule has 1 aliphatic rings. The van der Waals surface area contributed by atoms with Crippen molar-refractivity contribution < 1.29 is 33.4 Å². The first-order chi connectivity index (χ1) is 18.8. The van der Waals surface area contributed by atoms with Gasteiger partial charge in [-0.1, -0.05) is 68.4 Å². The Morgan fingerprint density at radius 1 is 0.925 bits per heavy atom. The molecule has 2 unspecified atom stereocenters. The van der Waals surface area contributed by atoms with Gasteiger partial charge in [-0.25, -0.2) is 4.79 Å². The molecule has 1 aliphatic carbocycles. The van der Waals surface area contributed by atoms with Gasteiger partial charge >= 0.3 is 11.9 Å². The summed E-state index contributed by atoms with van der Waals surface area (Å²) in [6.45, 7) is 11.8. The molecule has 2 aromatic carbocycles. The highest BCUT2D eigenvalue weighted by molar-refractivity contribution is 5.90. The number of oxime groups is 1. The summed E-state index contributed by atoms with van der Waals surface area (Å²) in [4.78, 5) is 31.7. The fourth-order valence-corrected chi connectivity index (χ4v) is 3.87. The lowest BCUT2D eigenvalue weighted by atomic mass is 9.87. The molecule has 40 heavy (non-hydrogen) atoms. The zero-order valence-electron chi connectivity index (χ0n) is 24.3. The summed E-state index contributed by atoms with van der Waals surface area (Å²) in [5.74, 6) is -3.45. The van der Waals surface area contributed by atoms with Crippen LogP contribution < -0.4 is 4.74 Å². The van der Waals surface area contributed by atoms with E-state index in [1.165, 1.54) is 18.7 Å². The molecular formula is C32H39NO7. The Balaban J connectivity index is 1.71. The van der Waals surface area contributed by atoms with Crippen LogP contribution in [0.4, 0.5) is 0 Å². The normalized spacial score (nSPS) is 18.9. The predicted octanol–water partition coefficient (Wildman–Crippen LogP) is 6.00. The second kappa shape index (κ2) is 13.0. The number of esters is 2. The highest BCUT2D eigenvalue weighted by Gasteiger charge is 2.48. The molecule has 8 nitrogen and oxygen atoms in total. The fraction of sp³-hybridized carbons (Fsp3) is 0.406. The van der Waals surface area contributed by atoms with Crippen molar-refractivity contribution in [1.82, 2.24) is 0 Å². The van der Waals surface area contributed by atoms with Crippen LogP contribution in [0.1, 0.15) is 63.0 Å². The first-order valence-corrected chi connectivity index (χ1v) is 13.2. The second-order valence-electron chi connectivity index (χ2n) is 11.4. The maximum absolute atomic E-state index is 13.2. The average molecular weight is 550 g/mol. The first-order valence-electron chi connectivity index (χ1n) is 13.2. The number of hydrogen-bond donors (Lipinski definition) is 0. The maximum Gasteiger partial charge on any atom is 0.340 e. The molecule has 0 aliphatic heterocycles. The highest BCUT2D eigenvalue weighted by Crippen LogP contribution is 2.33. The summed E-state index contributed by atoms with van der Waals surface area (Å²) in [6, 6.07) is 14.5. The third kappa shape index (κ3) is 8.55. The number of nitrogens with zero attached hydrogens (tertiary/aromatic N) is 1. The number of ether oxygens (including phenoxy) is 4. The van der Waals surface area contributed by atoms with Crippen LogP contribution in [0, 0.1) is 5.92 Å². The van der Waals surface area contributed by atoms with Gasteiger partial charge in [-0.3, -0.25) is 4.79 Å². The quantitative estimate of drug-likeness (QED) is 0.118. The third-order valence-electron chi connectivity index (χ3n) is 5.97. The third-order valence-corrected chi connectivity index (χ3v) is 5.97. The number of methoxy groups -OCH3 is 1. The van der Waals surface area contributed by atoms with E-state index in [9.17, 15) is 9.59 Å². The lowest BCUT2D eigenvalue weighted by Crippen LogP contribution is -2.49. The van der Waals surface area contributed by atoms with Gasteiger partial charge in [0.15, 0.2) is 0 Å². The zero-order chi connectivity index (χ0) is 29.4. The Bertz CT molecular complexity index is 1230. The van der Waals surface area contributed by atoms with E-state index in [0.717, 1.165) is 5.56 Å². The van der Waals surface area contributed by atoms with Gasteiger partial charge in [0.2, 0.25) is 0 Å². The van der Waals surface area contributed by atoms with E-state index < -0.39 is 29.2 Å². The molecular weight excluding hydrogens is 510 g/mol. The molecule has 8 heteroatoms. The van der Waals surface area contributed by atoms with E-state index in [2.05, 4.69) is 38.1 Å². The molecule has 214 valence electrons. The van der Waals surface area contributed by atoms with Crippen molar-refractivity contribution >= 4 is 18.2 Å². The van der Waals surface area contributed by atoms with E-state index >= 15 is 0 Å². The number of rotatable bonds is 10. The van der Waals surface area contributed by atoms with Gasteiger partial charge in [0, 0.05) is 0 Å². The first kappa shape index (κ1) is 30.6. The van der Waals surface area contributed by atoms with Crippen molar-refractivity contribution in [2.24, 2.45) is 11.1 Å². The van der Waals surface area contributed by atoms with Crippen LogP contribution in [-0.4, -0.2) is 49.9 Å². The molecule has 2 atom stereocenters. The summed E-state index contributed by atoms with van der Waals surface area (Å²) >= 11 is 0. The van der Waals surface area contributed by atoms with Gasteiger partial charge in [0.05, 0.1) is 25.5 Å². The topological polar surface area (TPSA) is 92.7 Å². The summed E-state index contributed by atoms with van der Waals surface area (Å²) in [6.07, 6.45) is 8.07. The highest BCUT2D eigenvalue weighted by atomic mass is 16.7. The van der Waals surface area contributed by atoms with Gasteiger partial charge in [-0.05, 0) is 67.7 Å². The molecule has 0 bridgehead atoms. The summed E-state index contributed by atoms with van der Waals surface area (Å²) in [7, 11) is 1.54. The van der Waals surface area contributed by atoms with Crippen LogP contribution in [0.15, 0.2) is 78.0 Å². The minimum atomic E-state index is -1.75. The molecule has 0 N–H and O–H groups in total. The molecule has 0 heterocycles. The zero-order valence-corrected chi connectivity index (χ0v) is 24.3.